The van der Waals surface area contributed by atoms with Gasteiger partial charge in [-0.25, -0.2) is 0 Å². The molecule has 0 aromatic heterocycles. The molecule has 3 rings (SSSR count). The summed E-state index contributed by atoms with van der Waals surface area (Å²) in [7, 11) is 3.44. The second-order valence-corrected chi connectivity index (χ2v) is 6.67. The topological polar surface area (TPSA) is 49.4 Å². The highest BCUT2D eigenvalue weighted by Crippen LogP contribution is 2.18. The number of fused-ring (bicyclic) bond motifs is 1. The lowest BCUT2D eigenvalue weighted by Crippen LogP contribution is -2.25. The minimum Gasteiger partial charge on any atom is -0.345 e. The maximum Gasteiger partial charge on any atom is 0.253 e. The van der Waals surface area contributed by atoms with Gasteiger partial charge in [-0.2, -0.15) is 0 Å². The Morgan fingerprint density at radius 3 is 2.39 bits per heavy atom. The summed E-state index contributed by atoms with van der Waals surface area (Å²) < 4.78 is 0. The molecule has 1 N–H and O–H groups in total. The van der Waals surface area contributed by atoms with Crippen molar-refractivity contribution in [1.82, 2.24) is 10.2 Å². The fourth-order valence-electron chi connectivity index (χ4n) is 2.93. The van der Waals surface area contributed by atoms with Crippen LogP contribution in [0.2, 0.25) is 0 Å². The summed E-state index contributed by atoms with van der Waals surface area (Å²) in [5.74, 6) is 5.85. The van der Waals surface area contributed by atoms with Gasteiger partial charge in [-0.3, -0.25) is 9.59 Å². The highest BCUT2D eigenvalue weighted by molar-refractivity contribution is 5.94. The van der Waals surface area contributed by atoms with E-state index in [1.54, 1.807) is 26.2 Å². The Bertz CT molecular complexity index is 1050. The predicted molar refractivity (Wildman–Crippen MR) is 112 cm³/mol. The van der Waals surface area contributed by atoms with Crippen molar-refractivity contribution in [3.63, 3.8) is 0 Å². The molecule has 0 saturated heterocycles. The fraction of sp³-hybridized carbons (Fsp3) is 0.167. The lowest BCUT2D eigenvalue weighted by atomic mass is 10.0. The Hall–Kier alpha value is -3.58. The van der Waals surface area contributed by atoms with Gasteiger partial charge >= 0.3 is 0 Å². The van der Waals surface area contributed by atoms with Crippen molar-refractivity contribution < 1.29 is 9.59 Å². The molecule has 0 aliphatic carbocycles. The number of hydrogen-bond acceptors (Lipinski definition) is 2. The highest BCUT2D eigenvalue weighted by Gasteiger charge is 2.07. The van der Waals surface area contributed by atoms with Crippen molar-refractivity contribution in [3.8, 4) is 11.8 Å². The Balaban J connectivity index is 1.55. The van der Waals surface area contributed by atoms with E-state index in [1.165, 1.54) is 4.90 Å². The summed E-state index contributed by atoms with van der Waals surface area (Å²) in [5.41, 5.74) is 2.43. The van der Waals surface area contributed by atoms with Gasteiger partial charge in [0.2, 0.25) is 5.91 Å². The molecular formula is C24H22N2O2. The number of hydrogen-bond donors (Lipinski definition) is 1. The van der Waals surface area contributed by atoms with Crippen LogP contribution in [0.3, 0.4) is 0 Å². The SMILES string of the molecule is CN(C)C(=O)c1ccc(C#CCNC(=O)Cc2cccc3ccccc23)cc1. The van der Waals surface area contributed by atoms with E-state index < -0.39 is 0 Å². The zero-order chi connectivity index (χ0) is 19.9. The van der Waals surface area contributed by atoms with Gasteiger partial charge in [0.25, 0.3) is 5.91 Å². The lowest BCUT2D eigenvalue weighted by molar-refractivity contribution is -0.120. The van der Waals surface area contributed by atoms with Crippen LogP contribution in [0.25, 0.3) is 10.8 Å². The number of rotatable bonds is 4. The van der Waals surface area contributed by atoms with Crippen LogP contribution in [0.5, 0.6) is 0 Å². The molecule has 2 amide bonds. The largest absolute Gasteiger partial charge is 0.345 e. The van der Waals surface area contributed by atoms with E-state index in [0.29, 0.717) is 12.0 Å². The Morgan fingerprint density at radius 2 is 1.64 bits per heavy atom. The molecule has 0 atom stereocenters. The molecule has 0 radical (unpaired) electrons. The molecule has 0 aliphatic heterocycles. The molecule has 0 unspecified atom stereocenters. The first-order valence-corrected chi connectivity index (χ1v) is 9.08. The summed E-state index contributed by atoms with van der Waals surface area (Å²) in [6, 6.07) is 21.2. The highest BCUT2D eigenvalue weighted by atomic mass is 16.2. The van der Waals surface area contributed by atoms with Gasteiger partial charge in [0.15, 0.2) is 0 Å². The number of nitrogens with one attached hydrogen (secondary N) is 1. The molecule has 0 aliphatic rings. The van der Waals surface area contributed by atoms with E-state index in [1.807, 2.05) is 54.6 Å². The summed E-state index contributed by atoms with van der Waals surface area (Å²) in [6.45, 7) is 0.280. The quantitative estimate of drug-likeness (QED) is 0.717. The number of carbonyl (C=O) groups excluding carboxylic acids is 2. The van der Waals surface area contributed by atoms with Crippen molar-refractivity contribution in [2.24, 2.45) is 0 Å². The molecule has 140 valence electrons. The fourth-order valence-corrected chi connectivity index (χ4v) is 2.93. The van der Waals surface area contributed by atoms with Gasteiger partial charge in [-0.1, -0.05) is 54.3 Å². The molecule has 0 heterocycles. The molecular weight excluding hydrogens is 348 g/mol. The third-order valence-electron chi connectivity index (χ3n) is 4.38. The van der Waals surface area contributed by atoms with Crippen LogP contribution in [0, 0.1) is 11.8 Å². The standard InChI is InChI=1S/C24H22N2O2/c1-26(2)24(28)20-14-12-18(13-15-20)7-6-16-25-23(27)17-21-10-5-9-19-8-3-4-11-22(19)21/h3-5,8-15H,16-17H2,1-2H3,(H,25,27). The van der Waals surface area contributed by atoms with Crippen molar-refractivity contribution in [2.75, 3.05) is 20.6 Å². The van der Waals surface area contributed by atoms with Crippen molar-refractivity contribution >= 4 is 22.6 Å². The maximum atomic E-state index is 12.2. The van der Waals surface area contributed by atoms with Gasteiger partial charge in [-0.15, -0.1) is 0 Å². The first kappa shape index (κ1) is 19.2. The van der Waals surface area contributed by atoms with Crippen molar-refractivity contribution in [2.45, 2.75) is 6.42 Å². The van der Waals surface area contributed by atoms with Crippen molar-refractivity contribution in [3.05, 3.63) is 83.4 Å². The number of benzene rings is 3. The van der Waals surface area contributed by atoms with E-state index in [2.05, 4.69) is 17.2 Å². The van der Waals surface area contributed by atoms with Crippen LogP contribution in [-0.2, 0) is 11.2 Å². The van der Waals surface area contributed by atoms with Crippen LogP contribution in [-0.4, -0.2) is 37.4 Å². The van der Waals surface area contributed by atoms with Crippen molar-refractivity contribution in [1.29, 1.82) is 0 Å². The molecule has 28 heavy (non-hydrogen) atoms. The summed E-state index contributed by atoms with van der Waals surface area (Å²) >= 11 is 0. The molecule has 4 nitrogen and oxygen atoms in total. The normalized spacial score (nSPS) is 10.1. The first-order valence-electron chi connectivity index (χ1n) is 9.08. The first-order chi connectivity index (χ1) is 13.5. The van der Waals surface area contributed by atoms with E-state index in [-0.39, 0.29) is 18.4 Å². The minimum atomic E-state index is -0.0578. The molecule has 3 aromatic carbocycles. The maximum absolute atomic E-state index is 12.2. The summed E-state index contributed by atoms with van der Waals surface area (Å²) in [6.07, 6.45) is 0.324. The zero-order valence-electron chi connectivity index (χ0n) is 16.0. The number of nitrogens with zero attached hydrogens (tertiary/aromatic N) is 1. The minimum absolute atomic E-state index is 0.0415. The Morgan fingerprint density at radius 1 is 0.929 bits per heavy atom. The van der Waals surface area contributed by atoms with Crippen LogP contribution < -0.4 is 5.32 Å². The summed E-state index contributed by atoms with van der Waals surface area (Å²) in [5, 5.41) is 5.06. The lowest BCUT2D eigenvalue weighted by Gasteiger charge is -2.09. The van der Waals surface area contributed by atoms with Gasteiger partial charge in [0.1, 0.15) is 0 Å². The van der Waals surface area contributed by atoms with E-state index >= 15 is 0 Å². The second kappa shape index (κ2) is 8.88. The third kappa shape index (κ3) is 4.77. The average molecular weight is 370 g/mol. The Labute approximate surface area is 165 Å². The third-order valence-corrected chi connectivity index (χ3v) is 4.38. The predicted octanol–water partition coefficient (Wildman–Crippen LogP) is 3.25. The second-order valence-electron chi connectivity index (χ2n) is 6.67. The summed E-state index contributed by atoms with van der Waals surface area (Å²) in [4.78, 5) is 25.6. The molecule has 0 saturated carbocycles. The molecule has 0 fully saturated rings. The molecule has 0 spiro atoms. The van der Waals surface area contributed by atoms with Crippen LogP contribution in [0.4, 0.5) is 0 Å². The van der Waals surface area contributed by atoms with Gasteiger partial charge in [0, 0.05) is 25.2 Å². The van der Waals surface area contributed by atoms with Gasteiger partial charge in [-0.05, 0) is 40.6 Å². The van der Waals surface area contributed by atoms with E-state index in [0.717, 1.165) is 21.9 Å². The van der Waals surface area contributed by atoms with Crippen LogP contribution in [0.15, 0.2) is 66.7 Å². The van der Waals surface area contributed by atoms with Crippen LogP contribution in [0.1, 0.15) is 21.5 Å². The van der Waals surface area contributed by atoms with Crippen LogP contribution >= 0.6 is 0 Å². The average Bonchev–Trinajstić information content (AvgIpc) is 2.71. The van der Waals surface area contributed by atoms with Gasteiger partial charge < -0.3 is 10.2 Å². The Kier molecular flexibility index (Phi) is 6.08. The number of carbonyl (C=O) groups is 2. The van der Waals surface area contributed by atoms with E-state index in [4.69, 9.17) is 0 Å². The van der Waals surface area contributed by atoms with Gasteiger partial charge in [0.05, 0.1) is 13.0 Å². The zero-order valence-corrected chi connectivity index (χ0v) is 16.0. The molecule has 0 bridgehead atoms. The molecule has 3 aromatic rings. The molecule has 4 heteroatoms. The number of amides is 2. The monoisotopic (exact) mass is 370 g/mol. The van der Waals surface area contributed by atoms with E-state index in [9.17, 15) is 9.59 Å². The smallest absolute Gasteiger partial charge is 0.253 e.